The SMILES string of the molecule is Cc1ccc(S(=O)(=O)OCCC2(O)COC2)cc1. The van der Waals surface area contributed by atoms with Crippen molar-refractivity contribution in [3.8, 4) is 0 Å². The third kappa shape index (κ3) is 3.08. The van der Waals surface area contributed by atoms with Crippen LogP contribution in [0.25, 0.3) is 0 Å². The van der Waals surface area contributed by atoms with Crippen LogP contribution in [0.4, 0.5) is 0 Å². The van der Waals surface area contributed by atoms with Crippen LogP contribution in [0.3, 0.4) is 0 Å². The number of ether oxygens (including phenoxy) is 1. The molecule has 0 aromatic heterocycles. The summed E-state index contributed by atoms with van der Waals surface area (Å²) in [7, 11) is -3.74. The van der Waals surface area contributed by atoms with Gasteiger partial charge < -0.3 is 9.84 Å². The lowest BCUT2D eigenvalue weighted by molar-refractivity contribution is -0.183. The zero-order valence-electron chi connectivity index (χ0n) is 10.1. The predicted molar refractivity (Wildman–Crippen MR) is 64.7 cm³/mol. The van der Waals surface area contributed by atoms with E-state index in [9.17, 15) is 13.5 Å². The molecule has 1 aliphatic rings. The highest BCUT2D eigenvalue weighted by molar-refractivity contribution is 7.86. The van der Waals surface area contributed by atoms with Crippen molar-refractivity contribution in [2.24, 2.45) is 0 Å². The average Bonchev–Trinajstić information content (AvgIpc) is 2.27. The Morgan fingerprint density at radius 3 is 2.44 bits per heavy atom. The van der Waals surface area contributed by atoms with Gasteiger partial charge in [0.05, 0.1) is 24.7 Å². The average molecular weight is 272 g/mol. The molecule has 0 bridgehead atoms. The number of benzene rings is 1. The second kappa shape index (κ2) is 4.97. The van der Waals surface area contributed by atoms with Gasteiger partial charge in [-0.1, -0.05) is 17.7 Å². The molecule has 1 heterocycles. The maximum atomic E-state index is 11.8. The van der Waals surface area contributed by atoms with Crippen molar-refractivity contribution in [3.63, 3.8) is 0 Å². The largest absolute Gasteiger partial charge is 0.385 e. The molecule has 18 heavy (non-hydrogen) atoms. The van der Waals surface area contributed by atoms with Crippen LogP contribution in [-0.2, 0) is 19.0 Å². The zero-order valence-corrected chi connectivity index (χ0v) is 10.9. The summed E-state index contributed by atoms with van der Waals surface area (Å²) in [6.07, 6.45) is 0.248. The minimum Gasteiger partial charge on any atom is -0.385 e. The molecule has 0 spiro atoms. The van der Waals surface area contributed by atoms with Crippen LogP contribution in [0.5, 0.6) is 0 Å². The summed E-state index contributed by atoms with van der Waals surface area (Å²) in [6, 6.07) is 6.44. The molecule has 1 aliphatic heterocycles. The molecule has 0 radical (unpaired) electrons. The number of hydrogen-bond acceptors (Lipinski definition) is 5. The summed E-state index contributed by atoms with van der Waals surface area (Å²) < 4.78 is 33.3. The number of aliphatic hydroxyl groups is 1. The lowest BCUT2D eigenvalue weighted by Crippen LogP contribution is -2.50. The van der Waals surface area contributed by atoms with Crippen molar-refractivity contribution >= 4 is 10.1 Å². The molecule has 0 saturated carbocycles. The molecule has 0 aliphatic carbocycles. The van der Waals surface area contributed by atoms with Gasteiger partial charge in [-0.05, 0) is 19.1 Å². The van der Waals surface area contributed by atoms with Gasteiger partial charge in [0.25, 0.3) is 10.1 Å². The van der Waals surface area contributed by atoms with Gasteiger partial charge in [0.15, 0.2) is 0 Å². The smallest absolute Gasteiger partial charge is 0.296 e. The van der Waals surface area contributed by atoms with Crippen molar-refractivity contribution in [2.75, 3.05) is 19.8 Å². The molecule has 1 aromatic carbocycles. The molecule has 1 N–H and O–H groups in total. The van der Waals surface area contributed by atoms with Crippen LogP contribution in [0, 0.1) is 6.92 Å². The molecular weight excluding hydrogens is 256 g/mol. The van der Waals surface area contributed by atoms with Gasteiger partial charge in [-0.25, -0.2) is 0 Å². The van der Waals surface area contributed by atoms with E-state index >= 15 is 0 Å². The quantitative estimate of drug-likeness (QED) is 0.805. The standard InChI is InChI=1S/C12H16O5S/c1-10-2-4-11(5-3-10)18(14,15)17-7-6-12(13)8-16-9-12/h2-5,13H,6-9H2,1H3. The fourth-order valence-corrected chi connectivity index (χ4v) is 2.50. The first-order valence-corrected chi connectivity index (χ1v) is 7.08. The molecule has 100 valence electrons. The molecular formula is C12H16O5S. The number of aryl methyl sites for hydroxylation is 1. The maximum Gasteiger partial charge on any atom is 0.296 e. The van der Waals surface area contributed by atoms with E-state index in [1.165, 1.54) is 12.1 Å². The van der Waals surface area contributed by atoms with Crippen LogP contribution < -0.4 is 0 Å². The van der Waals surface area contributed by atoms with Crippen LogP contribution in [0.2, 0.25) is 0 Å². The minimum atomic E-state index is -3.74. The van der Waals surface area contributed by atoms with Crippen molar-refractivity contribution in [1.82, 2.24) is 0 Å². The first kappa shape index (κ1) is 13.5. The fraction of sp³-hybridized carbons (Fsp3) is 0.500. The molecule has 6 heteroatoms. The predicted octanol–water partition coefficient (Wildman–Crippen LogP) is 0.852. The molecule has 5 nitrogen and oxygen atoms in total. The Balaban J connectivity index is 1.93. The van der Waals surface area contributed by atoms with Gasteiger partial charge in [0, 0.05) is 6.42 Å². The van der Waals surface area contributed by atoms with E-state index in [0.29, 0.717) is 0 Å². The van der Waals surface area contributed by atoms with Gasteiger partial charge >= 0.3 is 0 Å². The van der Waals surface area contributed by atoms with Crippen LogP contribution in [-0.4, -0.2) is 38.9 Å². The van der Waals surface area contributed by atoms with Gasteiger partial charge in [-0.2, -0.15) is 8.42 Å². The van der Waals surface area contributed by atoms with E-state index in [-0.39, 0.29) is 31.1 Å². The lowest BCUT2D eigenvalue weighted by Gasteiger charge is -2.35. The third-order valence-corrected chi connectivity index (χ3v) is 4.18. The summed E-state index contributed by atoms with van der Waals surface area (Å²) in [4.78, 5) is 0.130. The monoisotopic (exact) mass is 272 g/mol. The van der Waals surface area contributed by atoms with Gasteiger partial charge in [-0.15, -0.1) is 0 Å². The summed E-state index contributed by atoms with van der Waals surface area (Å²) in [5, 5.41) is 9.71. The first-order chi connectivity index (χ1) is 8.41. The summed E-state index contributed by atoms with van der Waals surface area (Å²) in [5.41, 5.74) is 0.0536. The Kier molecular flexibility index (Phi) is 3.72. The van der Waals surface area contributed by atoms with Gasteiger partial charge in [0.1, 0.15) is 5.60 Å². The fourth-order valence-electron chi connectivity index (χ4n) is 1.60. The first-order valence-electron chi connectivity index (χ1n) is 5.68. The van der Waals surface area contributed by atoms with E-state index in [0.717, 1.165) is 5.56 Å². The second-order valence-corrected chi connectivity index (χ2v) is 6.17. The van der Waals surface area contributed by atoms with Crippen LogP contribution in [0.15, 0.2) is 29.2 Å². The summed E-state index contributed by atoms with van der Waals surface area (Å²) in [6.45, 7) is 2.31. The van der Waals surface area contributed by atoms with E-state index in [2.05, 4.69) is 0 Å². The van der Waals surface area contributed by atoms with Crippen molar-refractivity contribution in [3.05, 3.63) is 29.8 Å². The molecule has 1 fully saturated rings. The van der Waals surface area contributed by atoms with E-state index < -0.39 is 15.7 Å². The van der Waals surface area contributed by atoms with Gasteiger partial charge in [-0.3, -0.25) is 4.18 Å². The molecule has 1 saturated heterocycles. The van der Waals surface area contributed by atoms with Gasteiger partial charge in [0.2, 0.25) is 0 Å². The molecule has 2 rings (SSSR count). The highest BCUT2D eigenvalue weighted by atomic mass is 32.2. The van der Waals surface area contributed by atoms with Crippen molar-refractivity contribution in [2.45, 2.75) is 23.8 Å². The van der Waals surface area contributed by atoms with E-state index in [1.54, 1.807) is 12.1 Å². The van der Waals surface area contributed by atoms with Crippen molar-refractivity contribution in [1.29, 1.82) is 0 Å². The Hall–Kier alpha value is -0.950. The maximum absolute atomic E-state index is 11.8. The van der Waals surface area contributed by atoms with Crippen LogP contribution >= 0.6 is 0 Å². The molecule has 1 aromatic rings. The molecule has 0 amide bonds. The van der Waals surface area contributed by atoms with E-state index in [4.69, 9.17) is 8.92 Å². The minimum absolute atomic E-state index is 0.0456. The molecule has 0 unspecified atom stereocenters. The van der Waals surface area contributed by atoms with Crippen molar-refractivity contribution < 1.29 is 22.4 Å². The normalized spacial score (nSPS) is 18.3. The Morgan fingerprint density at radius 2 is 1.94 bits per heavy atom. The Morgan fingerprint density at radius 1 is 1.33 bits per heavy atom. The van der Waals surface area contributed by atoms with Crippen LogP contribution in [0.1, 0.15) is 12.0 Å². The third-order valence-electron chi connectivity index (χ3n) is 2.86. The number of hydrogen-bond donors (Lipinski definition) is 1. The topological polar surface area (TPSA) is 72.8 Å². The highest BCUT2D eigenvalue weighted by Crippen LogP contribution is 2.21. The lowest BCUT2D eigenvalue weighted by atomic mass is 9.99. The number of rotatable bonds is 5. The Bertz CT molecular complexity index is 502. The second-order valence-electron chi connectivity index (χ2n) is 4.56. The van der Waals surface area contributed by atoms with E-state index in [1.807, 2.05) is 6.92 Å². The summed E-state index contributed by atoms with van der Waals surface area (Å²) in [5.74, 6) is 0. The highest BCUT2D eigenvalue weighted by Gasteiger charge is 2.36. The molecule has 0 atom stereocenters. The Labute approximate surface area is 106 Å². The summed E-state index contributed by atoms with van der Waals surface area (Å²) >= 11 is 0. The zero-order chi connectivity index (χ0) is 13.2.